The van der Waals surface area contributed by atoms with Crippen LogP contribution >= 0.6 is 0 Å². The largest absolute Gasteiger partial charge is 0.496 e. The van der Waals surface area contributed by atoms with Crippen molar-refractivity contribution in [3.05, 3.63) is 41.3 Å². The summed E-state index contributed by atoms with van der Waals surface area (Å²) >= 11 is 0. The summed E-state index contributed by atoms with van der Waals surface area (Å²) in [4.78, 5) is 12.3. The van der Waals surface area contributed by atoms with Gasteiger partial charge >= 0.3 is 0 Å². The van der Waals surface area contributed by atoms with E-state index >= 15 is 0 Å². The van der Waals surface area contributed by atoms with Crippen LogP contribution in [0.4, 0.5) is 0 Å². The van der Waals surface area contributed by atoms with E-state index in [-0.39, 0.29) is 5.91 Å². The molecule has 0 aliphatic carbocycles. The molecule has 0 aliphatic rings. The van der Waals surface area contributed by atoms with E-state index in [0.29, 0.717) is 30.0 Å². The molecule has 1 heterocycles. The first-order valence-corrected chi connectivity index (χ1v) is 6.57. The molecular formula is C15H18N2O4. The molecule has 21 heavy (non-hydrogen) atoms. The van der Waals surface area contributed by atoms with Crippen LogP contribution in [0, 0.1) is 6.92 Å². The van der Waals surface area contributed by atoms with Crippen LogP contribution in [0.15, 0.2) is 28.8 Å². The lowest BCUT2D eigenvalue weighted by Gasteiger charge is -2.12. The van der Waals surface area contributed by atoms with Crippen LogP contribution in [0.2, 0.25) is 0 Å². The lowest BCUT2D eigenvalue weighted by molar-refractivity contribution is 0.0947. The predicted octanol–water partition coefficient (Wildman–Crippen LogP) is 1.97. The molecule has 1 aromatic heterocycles. The second-order valence-corrected chi connectivity index (χ2v) is 4.47. The van der Waals surface area contributed by atoms with E-state index in [1.165, 1.54) is 14.2 Å². The van der Waals surface area contributed by atoms with E-state index in [0.717, 1.165) is 11.5 Å². The molecule has 0 saturated carbocycles. The average Bonchev–Trinajstić information content (AvgIpc) is 2.91. The smallest absolute Gasteiger partial charge is 0.258 e. The van der Waals surface area contributed by atoms with Crippen molar-refractivity contribution in [2.24, 2.45) is 0 Å². The van der Waals surface area contributed by atoms with Gasteiger partial charge in [-0.1, -0.05) is 11.2 Å². The molecule has 1 amide bonds. The van der Waals surface area contributed by atoms with Gasteiger partial charge < -0.3 is 19.3 Å². The summed E-state index contributed by atoms with van der Waals surface area (Å²) in [5, 5.41) is 6.70. The molecule has 1 aromatic carbocycles. The second-order valence-electron chi connectivity index (χ2n) is 4.47. The lowest BCUT2D eigenvalue weighted by atomic mass is 10.1. The highest BCUT2D eigenvalue weighted by atomic mass is 16.5. The van der Waals surface area contributed by atoms with Gasteiger partial charge in [-0.2, -0.15) is 0 Å². The fourth-order valence-corrected chi connectivity index (χ4v) is 2.00. The van der Waals surface area contributed by atoms with Crippen LogP contribution in [-0.4, -0.2) is 31.8 Å². The van der Waals surface area contributed by atoms with Crippen molar-refractivity contribution in [1.29, 1.82) is 0 Å². The molecule has 2 aromatic rings. The van der Waals surface area contributed by atoms with Crippen molar-refractivity contribution in [1.82, 2.24) is 10.5 Å². The number of nitrogens with one attached hydrogen (secondary N) is 1. The maximum absolute atomic E-state index is 12.3. The van der Waals surface area contributed by atoms with Crippen molar-refractivity contribution in [2.45, 2.75) is 13.3 Å². The Kier molecular flexibility index (Phi) is 4.81. The van der Waals surface area contributed by atoms with Gasteiger partial charge in [-0.15, -0.1) is 0 Å². The van der Waals surface area contributed by atoms with E-state index in [2.05, 4.69) is 10.5 Å². The third kappa shape index (κ3) is 3.53. The van der Waals surface area contributed by atoms with Crippen LogP contribution in [0.3, 0.4) is 0 Å². The number of rotatable bonds is 6. The number of methoxy groups -OCH3 is 2. The van der Waals surface area contributed by atoms with E-state index in [1.54, 1.807) is 18.2 Å². The summed E-state index contributed by atoms with van der Waals surface area (Å²) in [5.74, 6) is 1.46. The molecule has 0 spiro atoms. The zero-order chi connectivity index (χ0) is 15.2. The quantitative estimate of drug-likeness (QED) is 0.880. The Morgan fingerprint density at radius 1 is 1.29 bits per heavy atom. The molecule has 0 fully saturated rings. The molecule has 2 rings (SSSR count). The highest BCUT2D eigenvalue weighted by Gasteiger charge is 2.17. The normalized spacial score (nSPS) is 10.2. The first-order chi connectivity index (χ1) is 10.2. The topological polar surface area (TPSA) is 73.6 Å². The van der Waals surface area contributed by atoms with Gasteiger partial charge in [0.05, 0.1) is 19.9 Å². The lowest BCUT2D eigenvalue weighted by Crippen LogP contribution is -2.26. The molecule has 1 N–H and O–H groups in total. The minimum Gasteiger partial charge on any atom is -0.496 e. The first-order valence-electron chi connectivity index (χ1n) is 6.57. The van der Waals surface area contributed by atoms with Gasteiger partial charge in [-0.3, -0.25) is 4.79 Å². The summed E-state index contributed by atoms with van der Waals surface area (Å²) in [6.45, 7) is 2.28. The Balaban J connectivity index is 2.03. The van der Waals surface area contributed by atoms with Gasteiger partial charge in [-0.25, -0.2) is 0 Å². The Morgan fingerprint density at radius 3 is 2.48 bits per heavy atom. The molecule has 0 unspecified atom stereocenters. The van der Waals surface area contributed by atoms with Crippen molar-refractivity contribution >= 4 is 5.91 Å². The van der Waals surface area contributed by atoms with Crippen LogP contribution in [0.25, 0.3) is 0 Å². The molecule has 0 radical (unpaired) electrons. The van der Waals surface area contributed by atoms with Crippen LogP contribution in [0.5, 0.6) is 11.5 Å². The maximum Gasteiger partial charge on any atom is 0.258 e. The molecule has 6 heteroatoms. The third-order valence-electron chi connectivity index (χ3n) is 3.00. The molecule has 6 nitrogen and oxygen atoms in total. The van der Waals surface area contributed by atoms with Crippen molar-refractivity contribution in [3.8, 4) is 11.5 Å². The minimum absolute atomic E-state index is 0.246. The number of benzene rings is 1. The Hall–Kier alpha value is -2.50. The molecular weight excluding hydrogens is 272 g/mol. The van der Waals surface area contributed by atoms with Crippen molar-refractivity contribution in [3.63, 3.8) is 0 Å². The molecule has 0 aliphatic heterocycles. The Morgan fingerprint density at radius 2 is 1.95 bits per heavy atom. The van der Waals surface area contributed by atoms with Crippen LogP contribution in [0.1, 0.15) is 21.8 Å². The van der Waals surface area contributed by atoms with Gasteiger partial charge in [-0.05, 0) is 19.1 Å². The number of hydrogen-bond acceptors (Lipinski definition) is 5. The van der Waals surface area contributed by atoms with Crippen molar-refractivity contribution < 1.29 is 18.8 Å². The fourth-order valence-electron chi connectivity index (χ4n) is 2.00. The number of ether oxygens (including phenoxy) is 2. The SMILES string of the molecule is COc1cccc(OC)c1C(=O)NCCc1cc(C)on1. The summed E-state index contributed by atoms with van der Waals surface area (Å²) in [7, 11) is 3.04. The summed E-state index contributed by atoms with van der Waals surface area (Å²) in [6, 6.07) is 7.05. The molecule has 0 saturated heterocycles. The molecule has 112 valence electrons. The second kappa shape index (κ2) is 6.78. The number of aromatic nitrogens is 1. The molecule has 0 bridgehead atoms. The number of carbonyl (C=O) groups is 1. The standard InChI is InChI=1S/C15H18N2O4/c1-10-9-11(17-21-10)7-8-16-15(18)14-12(19-2)5-4-6-13(14)20-3/h4-6,9H,7-8H2,1-3H3,(H,16,18). The van der Waals surface area contributed by atoms with Gasteiger partial charge in [0, 0.05) is 19.0 Å². The van der Waals surface area contributed by atoms with E-state index in [1.807, 2.05) is 13.0 Å². The number of aryl methyl sites for hydroxylation is 1. The third-order valence-corrected chi connectivity index (χ3v) is 3.00. The van der Waals surface area contributed by atoms with Gasteiger partial charge in [0.2, 0.25) is 0 Å². The number of nitrogens with zero attached hydrogens (tertiary/aromatic N) is 1. The highest BCUT2D eigenvalue weighted by molar-refractivity contribution is 5.99. The first kappa shape index (κ1) is 14.9. The average molecular weight is 290 g/mol. The monoisotopic (exact) mass is 290 g/mol. The predicted molar refractivity (Wildman–Crippen MR) is 76.8 cm³/mol. The Labute approximate surface area is 123 Å². The number of carbonyl (C=O) groups excluding carboxylic acids is 1. The molecule has 0 atom stereocenters. The van der Waals surface area contributed by atoms with Crippen LogP contribution < -0.4 is 14.8 Å². The fraction of sp³-hybridized carbons (Fsp3) is 0.333. The van der Waals surface area contributed by atoms with E-state index < -0.39 is 0 Å². The van der Waals surface area contributed by atoms with Gasteiger partial charge in [0.1, 0.15) is 22.8 Å². The van der Waals surface area contributed by atoms with Gasteiger partial charge in [0.25, 0.3) is 5.91 Å². The van der Waals surface area contributed by atoms with Gasteiger partial charge in [0.15, 0.2) is 0 Å². The zero-order valence-corrected chi connectivity index (χ0v) is 12.3. The zero-order valence-electron chi connectivity index (χ0n) is 12.3. The summed E-state index contributed by atoms with van der Waals surface area (Å²) in [6.07, 6.45) is 0.598. The summed E-state index contributed by atoms with van der Waals surface area (Å²) < 4.78 is 15.4. The summed E-state index contributed by atoms with van der Waals surface area (Å²) in [5.41, 5.74) is 1.19. The number of hydrogen-bond donors (Lipinski definition) is 1. The van der Waals surface area contributed by atoms with Crippen LogP contribution in [-0.2, 0) is 6.42 Å². The minimum atomic E-state index is -0.246. The van der Waals surface area contributed by atoms with E-state index in [4.69, 9.17) is 14.0 Å². The van der Waals surface area contributed by atoms with Crippen molar-refractivity contribution in [2.75, 3.05) is 20.8 Å². The Bertz CT molecular complexity index is 600. The maximum atomic E-state index is 12.3. The van der Waals surface area contributed by atoms with E-state index in [9.17, 15) is 4.79 Å². The highest BCUT2D eigenvalue weighted by Crippen LogP contribution is 2.27. The number of amides is 1.